The van der Waals surface area contributed by atoms with Crippen LogP contribution in [0.5, 0.6) is 0 Å². The van der Waals surface area contributed by atoms with Crippen molar-refractivity contribution < 1.29 is 13.2 Å². The second-order valence-corrected chi connectivity index (χ2v) is 7.42. The summed E-state index contributed by atoms with van der Waals surface area (Å²) in [6.45, 7) is 0.355. The minimum Gasteiger partial charge on any atom is -0.329 e. The first-order chi connectivity index (χ1) is 11.5. The quantitative estimate of drug-likeness (QED) is 0.569. The molecule has 1 aliphatic carbocycles. The van der Waals surface area contributed by atoms with Gasteiger partial charge < -0.3 is 11.1 Å². The number of nitrogens with one attached hydrogen (secondary N) is 3. The standard InChI is InChI=1S/C15H19N5O3S.ClH/c16-6-7-17-24(22,23)12-3-1-2-11(8-12)18-15(21)14-9-13(19-20-14)10-4-5-10;/h1-3,8-10,17H,4-7,16H2,(H,18,21)(H,19,20);1H. The van der Waals surface area contributed by atoms with Gasteiger partial charge in [0.1, 0.15) is 0 Å². The monoisotopic (exact) mass is 385 g/mol. The molecule has 1 fully saturated rings. The molecule has 0 bridgehead atoms. The van der Waals surface area contributed by atoms with Gasteiger partial charge in [0.2, 0.25) is 10.0 Å². The lowest BCUT2D eigenvalue weighted by atomic mass is 10.2. The molecule has 3 rings (SSSR count). The van der Waals surface area contributed by atoms with E-state index in [4.69, 9.17) is 5.73 Å². The second-order valence-electron chi connectivity index (χ2n) is 5.65. The van der Waals surface area contributed by atoms with Gasteiger partial charge in [-0.25, -0.2) is 13.1 Å². The number of carbonyl (C=O) groups is 1. The minimum absolute atomic E-state index is 0. The summed E-state index contributed by atoms with van der Waals surface area (Å²) >= 11 is 0. The Hall–Kier alpha value is -1.94. The number of H-pyrrole nitrogens is 1. The summed E-state index contributed by atoms with van der Waals surface area (Å²) in [5.74, 6) is 0.0868. The number of nitrogens with two attached hydrogens (primary N) is 1. The van der Waals surface area contributed by atoms with Crippen LogP contribution in [0, 0.1) is 0 Å². The van der Waals surface area contributed by atoms with Gasteiger partial charge >= 0.3 is 0 Å². The Morgan fingerprint density at radius 1 is 1.32 bits per heavy atom. The molecule has 1 heterocycles. The number of amides is 1. The van der Waals surface area contributed by atoms with Gasteiger partial charge in [0.05, 0.1) is 4.90 Å². The van der Waals surface area contributed by atoms with E-state index in [1.807, 2.05) is 0 Å². The van der Waals surface area contributed by atoms with Crippen molar-refractivity contribution in [2.45, 2.75) is 23.7 Å². The maximum atomic E-state index is 12.2. The lowest BCUT2D eigenvalue weighted by molar-refractivity contribution is 0.102. The fourth-order valence-corrected chi connectivity index (χ4v) is 3.36. The topological polar surface area (TPSA) is 130 Å². The SMILES string of the molecule is Cl.NCCNS(=O)(=O)c1cccc(NC(=O)c2cc(C3CC3)[nH]n2)c1. The molecule has 136 valence electrons. The van der Waals surface area contributed by atoms with Crippen molar-refractivity contribution >= 4 is 34.0 Å². The fraction of sp³-hybridized carbons (Fsp3) is 0.333. The van der Waals surface area contributed by atoms with Crippen LogP contribution in [0.1, 0.15) is 34.9 Å². The van der Waals surface area contributed by atoms with E-state index in [-0.39, 0.29) is 42.0 Å². The zero-order chi connectivity index (χ0) is 17.2. The number of rotatable bonds is 7. The molecule has 1 aromatic heterocycles. The zero-order valence-corrected chi connectivity index (χ0v) is 15.0. The maximum Gasteiger partial charge on any atom is 0.276 e. The normalized spacial score (nSPS) is 14.0. The third kappa shape index (κ3) is 4.79. The first-order valence-electron chi connectivity index (χ1n) is 7.66. The minimum atomic E-state index is -3.65. The number of aromatic amines is 1. The molecule has 0 unspecified atom stereocenters. The molecule has 0 aliphatic heterocycles. The van der Waals surface area contributed by atoms with Gasteiger partial charge in [0, 0.05) is 30.4 Å². The summed E-state index contributed by atoms with van der Waals surface area (Å²) < 4.78 is 26.6. The highest BCUT2D eigenvalue weighted by atomic mass is 35.5. The van der Waals surface area contributed by atoms with E-state index in [1.54, 1.807) is 18.2 Å². The Kier molecular flexibility index (Phi) is 6.17. The summed E-state index contributed by atoms with van der Waals surface area (Å²) in [6, 6.07) is 7.76. The maximum absolute atomic E-state index is 12.2. The third-order valence-corrected chi connectivity index (χ3v) is 5.14. The number of hydrogen-bond donors (Lipinski definition) is 4. The van der Waals surface area contributed by atoms with Crippen molar-refractivity contribution in [2.75, 3.05) is 18.4 Å². The van der Waals surface area contributed by atoms with Crippen LogP contribution in [0.3, 0.4) is 0 Å². The summed E-state index contributed by atoms with van der Waals surface area (Å²) in [5.41, 5.74) is 6.93. The molecule has 0 saturated heterocycles. The number of sulfonamides is 1. The van der Waals surface area contributed by atoms with Crippen LogP contribution in [0.15, 0.2) is 35.2 Å². The highest BCUT2D eigenvalue weighted by molar-refractivity contribution is 7.89. The smallest absolute Gasteiger partial charge is 0.276 e. The molecule has 0 atom stereocenters. The van der Waals surface area contributed by atoms with Crippen LogP contribution >= 0.6 is 12.4 Å². The number of carbonyl (C=O) groups excluding carboxylic acids is 1. The molecule has 0 radical (unpaired) electrons. The van der Waals surface area contributed by atoms with E-state index < -0.39 is 10.0 Å². The highest BCUT2D eigenvalue weighted by Gasteiger charge is 2.26. The van der Waals surface area contributed by atoms with Gasteiger partial charge in [-0.2, -0.15) is 5.10 Å². The largest absolute Gasteiger partial charge is 0.329 e. The van der Waals surface area contributed by atoms with Crippen LogP contribution < -0.4 is 15.8 Å². The van der Waals surface area contributed by atoms with E-state index in [2.05, 4.69) is 20.2 Å². The van der Waals surface area contributed by atoms with Crippen LogP contribution in [-0.2, 0) is 10.0 Å². The number of anilines is 1. The predicted octanol–water partition coefficient (Wildman–Crippen LogP) is 1.20. The van der Waals surface area contributed by atoms with E-state index in [0.717, 1.165) is 18.5 Å². The highest BCUT2D eigenvalue weighted by Crippen LogP contribution is 2.39. The number of aromatic nitrogens is 2. The predicted molar refractivity (Wildman–Crippen MR) is 96.4 cm³/mol. The number of benzene rings is 1. The number of halogens is 1. The van der Waals surface area contributed by atoms with Crippen molar-refractivity contribution in [3.63, 3.8) is 0 Å². The van der Waals surface area contributed by atoms with Crippen LogP contribution in [0.2, 0.25) is 0 Å². The van der Waals surface area contributed by atoms with Crippen LogP contribution in [0.4, 0.5) is 5.69 Å². The summed E-state index contributed by atoms with van der Waals surface area (Å²) in [6.07, 6.45) is 2.22. The number of nitrogens with zero attached hydrogens (tertiary/aromatic N) is 1. The molecule has 1 amide bonds. The van der Waals surface area contributed by atoms with E-state index in [1.165, 1.54) is 12.1 Å². The molecule has 1 aromatic carbocycles. The second kappa shape index (κ2) is 7.96. The molecule has 8 nitrogen and oxygen atoms in total. The molecular formula is C15H20ClN5O3S. The fourth-order valence-electron chi connectivity index (χ4n) is 2.27. The van der Waals surface area contributed by atoms with Crippen molar-refractivity contribution in [1.82, 2.24) is 14.9 Å². The Morgan fingerprint density at radius 3 is 2.76 bits per heavy atom. The van der Waals surface area contributed by atoms with Crippen LogP contribution in [-0.4, -0.2) is 37.6 Å². The van der Waals surface area contributed by atoms with Gasteiger partial charge in [-0.3, -0.25) is 9.89 Å². The Bertz CT molecular complexity index is 848. The molecular weight excluding hydrogens is 366 g/mol. The Balaban J connectivity index is 0.00000225. The number of hydrogen-bond acceptors (Lipinski definition) is 5. The average molecular weight is 386 g/mol. The molecule has 5 N–H and O–H groups in total. The van der Waals surface area contributed by atoms with Crippen molar-refractivity contribution in [3.05, 3.63) is 41.7 Å². The molecule has 25 heavy (non-hydrogen) atoms. The van der Waals surface area contributed by atoms with Gasteiger partial charge in [0.25, 0.3) is 5.91 Å². The third-order valence-electron chi connectivity index (χ3n) is 3.69. The first kappa shape index (κ1) is 19.4. The average Bonchev–Trinajstić information content (AvgIpc) is 3.30. The summed E-state index contributed by atoms with van der Waals surface area (Å²) in [4.78, 5) is 12.3. The summed E-state index contributed by atoms with van der Waals surface area (Å²) in [5, 5.41) is 9.53. The first-order valence-corrected chi connectivity index (χ1v) is 9.14. The molecule has 10 heteroatoms. The van der Waals surface area contributed by atoms with Gasteiger partial charge in [-0.1, -0.05) is 6.07 Å². The van der Waals surface area contributed by atoms with E-state index in [0.29, 0.717) is 11.6 Å². The van der Waals surface area contributed by atoms with E-state index >= 15 is 0 Å². The Labute approximate surface area is 152 Å². The lowest BCUT2D eigenvalue weighted by Gasteiger charge is -2.08. The van der Waals surface area contributed by atoms with Gasteiger partial charge in [-0.05, 0) is 37.1 Å². The van der Waals surface area contributed by atoms with Crippen molar-refractivity contribution in [2.24, 2.45) is 5.73 Å². The zero-order valence-electron chi connectivity index (χ0n) is 13.4. The van der Waals surface area contributed by atoms with Gasteiger partial charge in [-0.15, -0.1) is 12.4 Å². The van der Waals surface area contributed by atoms with Crippen molar-refractivity contribution in [3.8, 4) is 0 Å². The molecule has 1 aliphatic rings. The lowest BCUT2D eigenvalue weighted by Crippen LogP contribution is -2.29. The van der Waals surface area contributed by atoms with Crippen molar-refractivity contribution in [1.29, 1.82) is 0 Å². The van der Waals surface area contributed by atoms with E-state index in [9.17, 15) is 13.2 Å². The molecule has 0 spiro atoms. The molecule has 1 saturated carbocycles. The molecule has 2 aromatic rings. The van der Waals surface area contributed by atoms with Crippen LogP contribution in [0.25, 0.3) is 0 Å². The Morgan fingerprint density at radius 2 is 2.08 bits per heavy atom. The summed E-state index contributed by atoms with van der Waals surface area (Å²) in [7, 11) is -3.65. The van der Waals surface area contributed by atoms with Gasteiger partial charge in [0.15, 0.2) is 5.69 Å².